The Balaban J connectivity index is 0.000000246. The van der Waals surface area contributed by atoms with Crippen LogP contribution in [0.2, 0.25) is 15.6 Å². The largest absolute Gasteiger partial charge is 0.336 e. The zero-order chi connectivity index (χ0) is 15.9. The molecular weight excluding hydrogens is 351 g/mol. The van der Waals surface area contributed by atoms with Crippen LogP contribution in [-0.2, 0) is 0 Å². The average molecular weight is 362 g/mol. The highest BCUT2D eigenvalue weighted by molar-refractivity contribution is 6.33. The van der Waals surface area contributed by atoms with Gasteiger partial charge in [0, 0.05) is 13.1 Å². The fraction of sp³-hybridized carbons (Fsp3) is 0.167. The number of rotatable bonds is 2. The monoisotopic (exact) mass is 360 g/mol. The smallest absolute Gasteiger partial charge is 0.314 e. The average Bonchev–Trinajstić information content (AvgIpc) is 2.92. The van der Waals surface area contributed by atoms with Crippen molar-refractivity contribution in [3.8, 4) is 0 Å². The quantitative estimate of drug-likeness (QED) is 0.765. The lowest BCUT2D eigenvalue weighted by Gasteiger charge is -2.06. The van der Waals surface area contributed by atoms with Gasteiger partial charge in [-0.1, -0.05) is 23.7 Å². The van der Waals surface area contributed by atoms with Crippen molar-refractivity contribution in [1.29, 1.82) is 0 Å². The first-order valence-electron chi connectivity index (χ1n) is 6.15. The molecule has 2 aromatic rings. The third-order valence-electron chi connectivity index (χ3n) is 2.40. The van der Waals surface area contributed by atoms with Gasteiger partial charge in [-0.2, -0.15) is 15.0 Å². The number of carbonyl (C=O) groups is 1. The number of nitrogens with zero attached hydrogens (tertiary/aromatic N) is 3. The number of urea groups is 1. The summed E-state index contributed by atoms with van der Waals surface area (Å²) in [6.45, 7) is 1.55. The van der Waals surface area contributed by atoms with Gasteiger partial charge in [-0.25, -0.2) is 4.79 Å². The van der Waals surface area contributed by atoms with E-state index in [0.29, 0.717) is 10.7 Å². The molecule has 0 bridgehead atoms. The molecule has 3 rings (SSSR count). The van der Waals surface area contributed by atoms with Gasteiger partial charge in [0.2, 0.25) is 16.5 Å². The number of carbonyl (C=O) groups excluding carboxylic acids is 1. The molecule has 1 saturated heterocycles. The van der Waals surface area contributed by atoms with E-state index in [-0.39, 0.29) is 22.5 Å². The lowest BCUT2D eigenvalue weighted by atomic mass is 10.3. The molecule has 22 heavy (non-hydrogen) atoms. The zero-order valence-electron chi connectivity index (χ0n) is 11.1. The second-order valence-electron chi connectivity index (χ2n) is 3.98. The summed E-state index contributed by atoms with van der Waals surface area (Å²) in [5.41, 5.74) is 0.669. The van der Waals surface area contributed by atoms with Crippen LogP contribution in [0.25, 0.3) is 0 Å². The third-order valence-corrected chi connectivity index (χ3v) is 3.06. The SMILES string of the molecule is Clc1nc(Cl)nc(Nc2ccccc2Cl)n1.O=C1NCCN1. The number of benzene rings is 1. The van der Waals surface area contributed by atoms with Gasteiger partial charge < -0.3 is 16.0 Å². The number of nitrogens with one attached hydrogen (secondary N) is 3. The van der Waals surface area contributed by atoms with E-state index in [0.717, 1.165) is 13.1 Å². The lowest BCUT2D eigenvalue weighted by Crippen LogP contribution is -2.20. The molecule has 2 heterocycles. The van der Waals surface area contributed by atoms with Gasteiger partial charge in [0.15, 0.2) is 0 Å². The van der Waals surface area contributed by atoms with Crippen molar-refractivity contribution in [1.82, 2.24) is 25.6 Å². The summed E-state index contributed by atoms with van der Waals surface area (Å²) in [6.07, 6.45) is 0. The van der Waals surface area contributed by atoms with Crippen LogP contribution in [0.3, 0.4) is 0 Å². The van der Waals surface area contributed by atoms with Crippen LogP contribution in [0.15, 0.2) is 24.3 Å². The highest BCUT2D eigenvalue weighted by Crippen LogP contribution is 2.23. The van der Waals surface area contributed by atoms with Crippen LogP contribution in [0.4, 0.5) is 16.4 Å². The molecule has 1 fully saturated rings. The standard InChI is InChI=1S/C9H5Cl3N4.C3H6N2O/c10-5-3-1-2-4-6(5)13-9-15-7(11)14-8(12)16-9;6-3-4-1-2-5-3/h1-4H,(H,13,14,15,16);1-2H2,(H2,4,5,6). The summed E-state index contributed by atoms with van der Waals surface area (Å²) in [4.78, 5) is 21.4. The Morgan fingerprint density at radius 1 is 0.955 bits per heavy atom. The number of para-hydroxylation sites is 1. The summed E-state index contributed by atoms with van der Waals surface area (Å²) >= 11 is 17.2. The Kier molecular flexibility index (Phi) is 6.00. The molecule has 116 valence electrons. The predicted octanol–water partition coefficient (Wildman–Crippen LogP) is 2.87. The minimum atomic E-state index is -0.0463. The second-order valence-corrected chi connectivity index (χ2v) is 5.07. The molecule has 0 saturated carbocycles. The molecule has 0 unspecified atom stereocenters. The van der Waals surface area contributed by atoms with Gasteiger partial charge in [-0.15, -0.1) is 0 Å². The molecule has 0 spiro atoms. The first-order valence-corrected chi connectivity index (χ1v) is 7.28. The summed E-state index contributed by atoms with van der Waals surface area (Å²) in [6, 6.07) is 7.14. The van der Waals surface area contributed by atoms with E-state index in [1.54, 1.807) is 12.1 Å². The van der Waals surface area contributed by atoms with Crippen molar-refractivity contribution >= 4 is 52.5 Å². The molecule has 0 atom stereocenters. The van der Waals surface area contributed by atoms with Crippen LogP contribution >= 0.6 is 34.8 Å². The molecule has 1 aromatic carbocycles. The van der Waals surface area contributed by atoms with Crippen molar-refractivity contribution in [2.24, 2.45) is 0 Å². The van der Waals surface area contributed by atoms with Crippen LogP contribution in [0.5, 0.6) is 0 Å². The summed E-state index contributed by atoms with van der Waals surface area (Å²) in [5.74, 6) is 0.248. The maximum Gasteiger partial charge on any atom is 0.314 e. The summed E-state index contributed by atoms with van der Waals surface area (Å²) in [5, 5.41) is 8.63. The Morgan fingerprint density at radius 2 is 1.55 bits per heavy atom. The molecule has 1 aliphatic rings. The van der Waals surface area contributed by atoms with Crippen LogP contribution < -0.4 is 16.0 Å². The molecule has 7 nitrogen and oxygen atoms in total. The summed E-state index contributed by atoms with van der Waals surface area (Å²) < 4.78 is 0. The highest BCUT2D eigenvalue weighted by Gasteiger charge is 2.05. The van der Waals surface area contributed by atoms with Gasteiger partial charge >= 0.3 is 6.03 Å². The predicted molar refractivity (Wildman–Crippen MR) is 86.0 cm³/mol. The fourth-order valence-corrected chi connectivity index (χ4v) is 2.03. The number of hydrogen-bond donors (Lipinski definition) is 3. The molecular formula is C12H11Cl3N6O. The van der Waals surface area contributed by atoms with E-state index in [1.807, 2.05) is 12.1 Å². The molecule has 1 aliphatic heterocycles. The van der Waals surface area contributed by atoms with E-state index in [1.165, 1.54) is 0 Å². The number of amides is 2. The van der Waals surface area contributed by atoms with Crippen LogP contribution in [0.1, 0.15) is 0 Å². The Bertz CT molecular complexity index is 641. The second kappa shape index (κ2) is 7.98. The van der Waals surface area contributed by atoms with Gasteiger partial charge in [0.05, 0.1) is 10.7 Å². The van der Waals surface area contributed by atoms with E-state index in [9.17, 15) is 4.79 Å². The normalized spacial score (nSPS) is 12.8. The number of aromatic nitrogens is 3. The van der Waals surface area contributed by atoms with E-state index < -0.39 is 0 Å². The summed E-state index contributed by atoms with van der Waals surface area (Å²) in [7, 11) is 0. The van der Waals surface area contributed by atoms with Gasteiger partial charge in [0.25, 0.3) is 0 Å². The first kappa shape index (κ1) is 16.5. The van der Waals surface area contributed by atoms with Crippen molar-refractivity contribution in [2.45, 2.75) is 0 Å². The Morgan fingerprint density at radius 3 is 2.05 bits per heavy atom. The van der Waals surface area contributed by atoms with Gasteiger partial charge in [-0.3, -0.25) is 0 Å². The molecule has 2 amide bonds. The minimum Gasteiger partial charge on any atom is -0.336 e. The van der Waals surface area contributed by atoms with Crippen molar-refractivity contribution in [2.75, 3.05) is 18.4 Å². The maximum absolute atomic E-state index is 10.0. The van der Waals surface area contributed by atoms with E-state index >= 15 is 0 Å². The Labute approximate surface area is 141 Å². The third kappa shape index (κ3) is 5.18. The van der Waals surface area contributed by atoms with Crippen molar-refractivity contribution < 1.29 is 4.79 Å². The molecule has 10 heteroatoms. The molecule has 0 radical (unpaired) electrons. The topological polar surface area (TPSA) is 91.8 Å². The van der Waals surface area contributed by atoms with E-state index in [2.05, 4.69) is 30.9 Å². The number of halogens is 3. The maximum atomic E-state index is 10.0. The fourth-order valence-electron chi connectivity index (χ4n) is 1.48. The van der Waals surface area contributed by atoms with Crippen LogP contribution in [0, 0.1) is 0 Å². The molecule has 0 aliphatic carbocycles. The van der Waals surface area contributed by atoms with Crippen LogP contribution in [-0.4, -0.2) is 34.1 Å². The lowest BCUT2D eigenvalue weighted by molar-refractivity contribution is 0.248. The highest BCUT2D eigenvalue weighted by atomic mass is 35.5. The van der Waals surface area contributed by atoms with Gasteiger partial charge in [0.1, 0.15) is 0 Å². The molecule has 1 aromatic heterocycles. The zero-order valence-corrected chi connectivity index (χ0v) is 13.4. The van der Waals surface area contributed by atoms with Crippen molar-refractivity contribution in [3.05, 3.63) is 39.9 Å². The number of hydrogen-bond acceptors (Lipinski definition) is 5. The first-order chi connectivity index (χ1) is 10.5. The number of anilines is 2. The minimum absolute atomic E-state index is 0.0227. The Hall–Kier alpha value is -1.83. The molecule has 3 N–H and O–H groups in total. The van der Waals surface area contributed by atoms with Gasteiger partial charge in [-0.05, 0) is 35.3 Å². The van der Waals surface area contributed by atoms with Crippen molar-refractivity contribution in [3.63, 3.8) is 0 Å². The van der Waals surface area contributed by atoms with E-state index in [4.69, 9.17) is 34.8 Å².